The van der Waals surface area contributed by atoms with Gasteiger partial charge in [-0.2, -0.15) is 0 Å². The van der Waals surface area contributed by atoms with Crippen molar-refractivity contribution in [1.29, 1.82) is 0 Å². The summed E-state index contributed by atoms with van der Waals surface area (Å²) in [6, 6.07) is 0. The molecular weight excluding hydrogens is 359 g/mol. The van der Waals surface area contributed by atoms with Crippen molar-refractivity contribution in [2.45, 2.75) is 50.5 Å². The average Bonchev–Trinajstić information content (AvgIpc) is 2.64. The van der Waals surface area contributed by atoms with Gasteiger partial charge in [-0.1, -0.05) is 13.6 Å². The topological polar surface area (TPSA) is 83.1 Å². The van der Waals surface area contributed by atoms with Crippen molar-refractivity contribution in [1.82, 2.24) is 0 Å². The second-order valence-corrected chi connectivity index (χ2v) is 6.73. The van der Waals surface area contributed by atoms with E-state index in [1.807, 2.05) is 0 Å². The first-order valence-corrected chi connectivity index (χ1v) is 9.12. The van der Waals surface area contributed by atoms with Gasteiger partial charge in [0.15, 0.2) is 0 Å². The lowest BCUT2D eigenvalue weighted by Gasteiger charge is -2.46. The van der Waals surface area contributed by atoms with Gasteiger partial charge in [-0.05, 0) is 6.32 Å². The largest absolute Gasteiger partial charge is 0.368 e. The van der Waals surface area contributed by atoms with Crippen LogP contribution in [0, 0.1) is 0 Å². The lowest BCUT2D eigenvalue weighted by molar-refractivity contribution is -0.294. The second kappa shape index (κ2) is 14.7. The van der Waals surface area contributed by atoms with Crippen LogP contribution in [0.1, 0.15) is 0 Å². The summed E-state index contributed by atoms with van der Waals surface area (Å²) in [6.07, 6.45) is -1.09. The zero-order chi connectivity index (χ0) is 20.1. The Hall–Kier alpha value is -0.295. The maximum absolute atomic E-state index is 6.31. The van der Waals surface area contributed by atoms with Gasteiger partial charge in [0, 0.05) is 28.4 Å². The molecule has 1 aliphatic heterocycles. The molecule has 0 N–H and O–H groups in total. The maximum Gasteiger partial charge on any atom is 0.146 e. The first-order chi connectivity index (χ1) is 13.1. The molecule has 0 saturated carbocycles. The molecule has 0 amide bonds. The Bertz CT molecular complexity index is 361. The molecule has 160 valence electrons. The molecule has 0 bridgehead atoms. The van der Waals surface area contributed by atoms with Crippen LogP contribution in [-0.4, -0.2) is 99.5 Å². The van der Waals surface area contributed by atoms with Crippen molar-refractivity contribution in [2.75, 3.05) is 62.2 Å². The van der Waals surface area contributed by atoms with Crippen molar-refractivity contribution in [3.8, 4) is 0 Å². The summed E-state index contributed by atoms with van der Waals surface area (Å²) in [5.41, 5.74) is 0. The van der Waals surface area contributed by atoms with Crippen molar-refractivity contribution in [2.24, 2.45) is 0 Å². The van der Waals surface area contributed by atoms with E-state index in [0.29, 0.717) is 13.3 Å². The zero-order valence-corrected chi connectivity index (χ0v) is 17.4. The molecule has 3 unspecified atom stereocenters. The highest BCUT2D eigenvalue weighted by Crippen LogP contribution is 2.31. The monoisotopic (exact) mass is 394 g/mol. The molecular formula is C17H35BO9. The van der Waals surface area contributed by atoms with Gasteiger partial charge < -0.3 is 42.6 Å². The number of ether oxygens (including phenoxy) is 9. The number of methoxy groups -OCH3 is 4. The van der Waals surface area contributed by atoms with Crippen LogP contribution < -0.4 is 0 Å². The number of hydrogen-bond acceptors (Lipinski definition) is 9. The van der Waals surface area contributed by atoms with Crippen molar-refractivity contribution < 1.29 is 42.6 Å². The molecule has 0 aromatic carbocycles. The predicted molar refractivity (Wildman–Crippen MR) is 99.0 cm³/mol. The molecule has 1 rings (SSSR count). The molecule has 0 aliphatic carbocycles. The minimum atomic E-state index is -0.470. The van der Waals surface area contributed by atoms with E-state index in [1.165, 1.54) is 0 Å². The Morgan fingerprint density at radius 3 is 1.63 bits per heavy atom. The minimum absolute atomic E-state index is 0.0908. The molecule has 1 heterocycles. The lowest BCUT2D eigenvalue weighted by atomic mass is 9.50. The molecule has 1 saturated heterocycles. The Kier molecular flexibility index (Phi) is 13.4. The van der Waals surface area contributed by atoms with Crippen molar-refractivity contribution in [3.63, 3.8) is 0 Å². The summed E-state index contributed by atoms with van der Waals surface area (Å²) < 4.78 is 49.9. The highest BCUT2D eigenvalue weighted by molar-refractivity contribution is 6.55. The van der Waals surface area contributed by atoms with E-state index in [-0.39, 0.29) is 45.5 Å². The van der Waals surface area contributed by atoms with Gasteiger partial charge in [-0.3, -0.25) is 0 Å². The maximum atomic E-state index is 6.31. The lowest BCUT2D eigenvalue weighted by Crippen LogP contribution is -2.62. The standard InChI is InChI=1S/C17H35BO9/c1-18(2)7-13-15(24-10-20-4)17(26-12-22-6)16(25-11-21-5)14(27-13)8-23-9-19-3/h13-17H,7-12H2,1-6H3/t13-,14?,15?,16+,17?/m0/s1. The molecule has 0 aromatic heterocycles. The molecule has 27 heavy (non-hydrogen) atoms. The van der Waals surface area contributed by atoms with E-state index < -0.39 is 12.2 Å². The van der Waals surface area contributed by atoms with E-state index in [4.69, 9.17) is 42.6 Å². The summed E-state index contributed by atoms with van der Waals surface area (Å²) in [6.45, 7) is 5.44. The van der Waals surface area contributed by atoms with Gasteiger partial charge in [0.05, 0.1) is 12.7 Å². The SMILES string of the molecule is COCOCC1O[C@@H](CB(C)C)C(OCOC)C(OCOC)[C@@H]1OCOC. The molecule has 5 atom stereocenters. The van der Waals surface area contributed by atoms with Crippen LogP contribution in [0.5, 0.6) is 0 Å². The minimum Gasteiger partial charge on any atom is -0.368 e. The van der Waals surface area contributed by atoms with Crippen molar-refractivity contribution in [3.05, 3.63) is 0 Å². The van der Waals surface area contributed by atoms with E-state index in [0.717, 1.165) is 6.32 Å². The van der Waals surface area contributed by atoms with Crippen LogP contribution >= 0.6 is 0 Å². The fourth-order valence-electron chi connectivity index (χ4n) is 3.06. The van der Waals surface area contributed by atoms with Crippen molar-refractivity contribution >= 4 is 6.71 Å². The van der Waals surface area contributed by atoms with E-state index in [2.05, 4.69) is 13.6 Å². The van der Waals surface area contributed by atoms with Gasteiger partial charge in [0.1, 0.15) is 58.3 Å². The van der Waals surface area contributed by atoms with Crippen LogP contribution in [0.2, 0.25) is 20.0 Å². The van der Waals surface area contributed by atoms with Crippen LogP contribution in [0.3, 0.4) is 0 Å². The smallest absolute Gasteiger partial charge is 0.146 e. The van der Waals surface area contributed by atoms with E-state index in [1.54, 1.807) is 28.4 Å². The molecule has 0 spiro atoms. The van der Waals surface area contributed by atoms with Crippen LogP contribution in [0.25, 0.3) is 0 Å². The molecule has 9 nitrogen and oxygen atoms in total. The normalized spacial score (nSPS) is 28.4. The summed E-state index contributed by atoms with van der Waals surface area (Å²) >= 11 is 0. The Morgan fingerprint density at radius 1 is 0.667 bits per heavy atom. The highest BCUT2D eigenvalue weighted by atomic mass is 16.7. The Labute approximate surface area is 162 Å². The number of rotatable bonds is 15. The quantitative estimate of drug-likeness (QED) is 0.230. The van der Waals surface area contributed by atoms with Gasteiger partial charge in [-0.25, -0.2) is 0 Å². The molecule has 1 aliphatic rings. The van der Waals surface area contributed by atoms with Crippen LogP contribution in [0.4, 0.5) is 0 Å². The first-order valence-electron chi connectivity index (χ1n) is 9.12. The third-order valence-corrected chi connectivity index (χ3v) is 4.05. The van der Waals surface area contributed by atoms with Crippen LogP contribution in [-0.2, 0) is 42.6 Å². The molecule has 0 radical (unpaired) electrons. The summed E-state index contributed by atoms with van der Waals surface area (Å²) in [7, 11) is 6.28. The van der Waals surface area contributed by atoms with Gasteiger partial charge in [-0.15, -0.1) is 0 Å². The second-order valence-electron chi connectivity index (χ2n) is 6.73. The van der Waals surface area contributed by atoms with Gasteiger partial charge in [0.2, 0.25) is 0 Å². The summed E-state index contributed by atoms with van der Waals surface area (Å²) in [4.78, 5) is 0. The average molecular weight is 394 g/mol. The molecule has 0 aromatic rings. The molecule has 10 heteroatoms. The Morgan fingerprint density at radius 2 is 1.15 bits per heavy atom. The van der Waals surface area contributed by atoms with Gasteiger partial charge >= 0.3 is 0 Å². The fourth-order valence-corrected chi connectivity index (χ4v) is 3.06. The van der Waals surface area contributed by atoms with E-state index in [9.17, 15) is 0 Å². The highest BCUT2D eigenvalue weighted by Gasteiger charge is 2.48. The van der Waals surface area contributed by atoms with Gasteiger partial charge in [0.25, 0.3) is 0 Å². The van der Waals surface area contributed by atoms with E-state index >= 15 is 0 Å². The first kappa shape index (κ1) is 24.7. The summed E-state index contributed by atoms with van der Waals surface area (Å²) in [5, 5.41) is 0. The number of hydrogen-bond donors (Lipinski definition) is 0. The fraction of sp³-hybridized carbons (Fsp3) is 1.00. The third kappa shape index (κ3) is 8.72. The third-order valence-electron chi connectivity index (χ3n) is 4.05. The molecule has 1 fully saturated rings. The summed E-state index contributed by atoms with van der Waals surface area (Å²) in [5.74, 6) is 0. The Balaban J connectivity index is 3.03. The zero-order valence-electron chi connectivity index (χ0n) is 17.4. The predicted octanol–water partition coefficient (Wildman–Crippen LogP) is 1.10. The van der Waals surface area contributed by atoms with Crippen LogP contribution in [0.15, 0.2) is 0 Å².